The lowest BCUT2D eigenvalue weighted by atomic mass is 10.1. The highest BCUT2D eigenvalue weighted by Crippen LogP contribution is 2.19. The first-order valence-corrected chi connectivity index (χ1v) is 4.13. The summed E-state index contributed by atoms with van der Waals surface area (Å²) in [6, 6.07) is 5.83. The molecule has 0 bridgehead atoms. The Labute approximate surface area is 78.8 Å². The van der Waals surface area contributed by atoms with Crippen LogP contribution in [0.15, 0.2) is 35.3 Å². The van der Waals surface area contributed by atoms with E-state index < -0.39 is 0 Å². The summed E-state index contributed by atoms with van der Waals surface area (Å²) in [5.74, 6) is 0.585. The molecule has 0 fully saturated rings. The molecule has 3 aromatic rings. The summed E-state index contributed by atoms with van der Waals surface area (Å²) >= 11 is 0. The van der Waals surface area contributed by atoms with E-state index in [1.807, 2.05) is 18.2 Å². The van der Waals surface area contributed by atoms with Gasteiger partial charge in [0.25, 0.3) is 0 Å². The number of H-pyrrole nitrogens is 1. The van der Waals surface area contributed by atoms with E-state index in [1.165, 1.54) is 6.39 Å². The molecule has 0 radical (unpaired) electrons. The topological polar surface area (TPSA) is 67.6 Å². The van der Waals surface area contributed by atoms with E-state index in [-0.39, 0.29) is 0 Å². The molecular formula is C9H6N4O. The molecule has 3 rings (SSSR count). The molecule has 0 aliphatic heterocycles. The quantitative estimate of drug-likeness (QED) is 0.626. The molecule has 14 heavy (non-hydrogen) atoms. The molecule has 5 nitrogen and oxygen atoms in total. The Morgan fingerprint density at radius 1 is 1.29 bits per heavy atom. The van der Waals surface area contributed by atoms with Crippen molar-refractivity contribution in [3.63, 3.8) is 0 Å². The van der Waals surface area contributed by atoms with Gasteiger partial charge in [-0.2, -0.15) is 10.1 Å². The molecule has 2 heterocycles. The molecule has 0 aliphatic carbocycles. The number of hydrogen-bond donors (Lipinski definition) is 1. The maximum Gasteiger partial charge on any atom is 0.214 e. The van der Waals surface area contributed by atoms with Crippen molar-refractivity contribution in [1.82, 2.24) is 20.3 Å². The van der Waals surface area contributed by atoms with Crippen molar-refractivity contribution in [2.24, 2.45) is 0 Å². The fourth-order valence-electron chi connectivity index (χ4n) is 1.37. The third-order valence-electron chi connectivity index (χ3n) is 2.06. The Morgan fingerprint density at radius 3 is 3.14 bits per heavy atom. The third kappa shape index (κ3) is 0.990. The summed E-state index contributed by atoms with van der Waals surface area (Å²) < 4.78 is 4.68. The van der Waals surface area contributed by atoms with Crippen LogP contribution in [-0.4, -0.2) is 20.3 Å². The summed E-state index contributed by atoms with van der Waals surface area (Å²) in [7, 11) is 0. The molecular weight excluding hydrogens is 180 g/mol. The van der Waals surface area contributed by atoms with Gasteiger partial charge in [-0.25, -0.2) is 0 Å². The molecule has 0 unspecified atom stereocenters. The number of nitrogens with zero attached hydrogens (tertiary/aromatic N) is 3. The van der Waals surface area contributed by atoms with E-state index in [0.717, 1.165) is 16.5 Å². The van der Waals surface area contributed by atoms with Gasteiger partial charge in [0, 0.05) is 10.9 Å². The highest BCUT2D eigenvalue weighted by Gasteiger charge is 2.04. The largest absolute Gasteiger partial charge is 0.342 e. The van der Waals surface area contributed by atoms with Gasteiger partial charge in [-0.3, -0.25) is 5.10 Å². The van der Waals surface area contributed by atoms with Gasteiger partial charge in [-0.1, -0.05) is 17.3 Å². The van der Waals surface area contributed by atoms with Gasteiger partial charge in [-0.15, -0.1) is 0 Å². The smallest absolute Gasteiger partial charge is 0.214 e. The Bertz CT molecular complexity index is 555. The first kappa shape index (κ1) is 7.25. The summed E-state index contributed by atoms with van der Waals surface area (Å²) in [4.78, 5) is 3.97. The molecule has 1 aromatic carbocycles. The van der Waals surface area contributed by atoms with Crippen LogP contribution in [0, 0.1) is 0 Å². The summed E-state index contributed by atoms with van der Waals surface area (Å²) in [6.45, 7) is 0. The Kier molecular flexibility index (Phi) is 1.38. The van der Waals surface area contributed by atoms with Gasteiger partial charge in [0.1, 0.15) is 0 Å². The van der Waals surface area contributed by atoms with Crippen LogP contribution in [0.2, 0.25) is 0 Å². The first-order valence-electron chi connectivity index (χ1n) is 4.13. The first-order chi connectivity index (χ1) is 6.93. The van der Waals surface area contributed by atoms with Crippen LogP contribution < -0.4 is 0 Å². The van der Waals surface area contributed by atoms with Crippen LogP contribution in [0.3, 0.4) is 0 Å². The van der Waals surface area contributed by atoms with E-state index >= 15 is 0 Å². The monoisotopic (exact) mass is 186 g/mol. The number of benzene rings is 1. The van der Waals surface area contributed by atoms with Crippen molar-refractivity contribution in [3.05, 3.63) is 30.8 Å². The Balaban J connectivity index is 2.23. The second-order valence-corrected chi connectivity index (χ2v) is 2.93. The van der Waals surface area contributed by atoms with Crippen molar-refractivity contribution in [1.29, 1.82) is 0 Å². The van der Waals surface area contributed by atoms with Crippen molar-refractivity contribution in [2.45, 2.75) is 0 Å². The maximum atomic E-state index is 4.68. The number of fused-ring (bicyclic) bond motifs is 1. The number of rotatable bonds is 1. The number of hydrogen-bond acceptors (Lipinski definition) is 4. The maximum absolute atomic E-state index is 4.68. The molecule has 0 saturated heterocycles. The van der Waals surface area contributed by atoms with E-state index in [0.29, 0.717) is 5.82 Å². The van der Waals surface area contributed by atoms with Gasteiger partial charge in [0.15, 0.2) is 0 Å². The molecule has 2 aromatic heterocycles. The second-order valence-electron chi connectivity index (χ2n) is 2.93. The number of nitrogens with one attached hydrogen (secondary N) is 1. The number of aromatic nitrogens is 4. The Morgan fingerprint density at radius 2 is 2.29 bits per heavy atom. The predicted molar refractivity (Wildman–Crippen MR) is 49.4 cm³/mol. The molecule has 0 spiro atoms. The molecule has 5 heteroatoms. The fraction of sp³-hybridized carbons (Fsp3) is 0. The lowest BCUT2D eigenvalue weighted by Gasteiger charge is -1.93. The lowest BCUT2D eigenvalue weighted by molar-refractivity contribution is 0.419. The zero-order chi connectivity index (χ0) is 9.38. The van der Waals surface area contributed by atoms with Crippen molar-refractivity contribution in [3.8, 4) is 11.4 Å². The van der Waals surface area contributed by atoms with Crippen LogP contribution in [0.25, 0.3) is 22.3 Å². The zero-order valence-corrected chi connectivity index (χ0v) is 7.14. The van der Waals surface area contributed by atoms with Gasteiger partial charge < -0.3 is 4.52 Å². The fourth-order valence-corrected chi connectivity index (χ4v) is 1.37. The minimum absolute atomic E-state index is 0.585. The average Bonchev–Trinajstić information content (AvgIpc) is 2.88. The van der Waals surface area contributed by atoms with Gasteiger partial charge in [0.05, 0.1) is 11.7 Å². The van der Waals surface area contributed by atoms with E-state index in [1.54, 1.807) is 6.20 Å². The molecule has 68 valence electrons. The SMILES string of the molecule is c1nc(-c2ccc3cn[nH]c3c2)no1. The zero-order valence-electron chi connectivity index (χ0n) is 7.14. The van der Waals surface area contributed by atoms with Crippen molar-refractivity contribution < 1.29 is 4.52 Å². The predicted octanol–water partition coefficient (Wildman–Crippen LogP) is 1.61. The molecule has 0 atom stereocenters. The standard InChI is InChI=1S/C9H6N4O/c1-2-7-4-11-12-8(7)3-6(1)9-10-5-14-13-9/h1-5H,(H,11,12). The normalized spacial score (nSPS) is 10.9. The third-order valence-corrected chi connectivity index (χ3v) is 2.06. The van der Waals surface area contributed by atoms with Crippen molar-refractivity contribution in [2.75, 3.05) is 0 Å². The lowest BCUT2D eigenvalue weighted by Crippen LogP contribution is -1.79. The van der Waals surface area contributed by atoms with Crippen LogP contribution in [0.4, 0.5) is 0 Å². The Hall–Kier alpha value is -2.17. The average molecular weight is 186 g/mol. The summed E-state index contributed by atoms with van der Waals surface area (Å²) in [6.07, 6.45) is 3.09. The van der Waals surface area contributed by atoms with Gasteiger partial charge >= 0.3 is 0 Å². The van der Waals surface area contributed by atoms with E-state index in [9.17, 15) is 0 Å². The minimum Gasteiger partial charge on any atom is -0.342 e. The van der Waals surface area contributed by atoms with Crippen LogP contribution >= 0.6 is 0 Å². The van der Waals surface area contributed by atoms with Crippen LogP contribution in [0.5, 0.6) is 0 Å². The van der Waals surface area contributed by atoms with Gasteiger partial charge in [-0.05, 0) is 6.07 Å². The summed E-state index contributed by atoms with van der Waals surface area (Å²) in [5, 5.41) is 11.6. The van der Waals surface area contributed by atoms with Gasteiger partial charge in [0.2, 0.25) is 12.2 Å². The summed E-state index contributed by atoms with van der Waals surface area (Å²) in [5.41, 5.74) is 1.88. The number of aromatic amines is 1. The van der Waals surface area contributed by atoms with E-state index in [2.05, 4.69) is 24.9 Å². The van der Waals surface area contributed by atoms with E-state index in [4.69, 9.17) is 0 Å². The molecule has 0 aliphatic rings. The molecule has 0 amide bonds. The highest BCUT2D eigenvalue weighted by molar-refractivity contribution is 5.82. The molecule has 1 N–H and O–H groups in total. The highest BCUT2D eigenvalue weighted by atomic mass is 16.5. The van der Waals surface area contributed by atoms with Crippen molar-refractivity contribution >= 4 is 10.9 Å². The van der Waals surface area contributed by atoms with Crippen LogP contribution in [0.1, 0.15) is 0 Å². The second kappa shape index (κ2) is 2.66. The minimum atomic E-state index is 0.585. The molecule has 0 saturated carbocycles. The van der Waals surface area contributed by atoms with Crippen LogP contribution in [-0.2, 0) is 0 Å².